The first kappa shape index (κ1) is 14.7. The summed E-state index contributed by atoms with van der Waals surface area (Å²) in [6.07, 6.45) is 6.47. The smallest absolute Gasteiger partial charge is 0.159 e. The van der Waals surface area contributed by atoms with Gasteiger partial charge in [0.2, 0.25) is 0 Å². The number of benzene rings is 1. The van der Waals surface area contributed by atoms with Crippen molar-refractivity contribution in [3.8, 4) is 0 Å². The number of halogens is 2. The SMILES string of the molecule is CC(C)C1CCC2C3CC(CC3Cc3ccc(F)c(F)c3)C12. The van der Waals surface area contributed by atoms with Gasteiger partial charge in [0.1, 0.15) is 0 Å². The van der Waals surface area contributed by atoms with Gasteiger partial charge < -0.3 is 0 Å². The predicted octanol–water partition coefficient (Wildman–Crippen LogP) is 5.46. The van der Waals surface area contributed by atoms with E-state index in [-0.39, 0.29) is 0 Å². The molecule has 3 saturated carbocycles. The average Bonchev–Trinajstić information content (AvgIpc) is 3.13. The number of hydrogen-bond donors (Lipinski definition) is 0. The molecule has 1 aromatic rings. The molecule has 3 fully saturated rings. The molecule has 3 aliphatic rings. The van der Waals surface area contributed by atoms with Crippen LogP contribution in [0.3, 0.4) is 0 Å². The Hall–Kier alpha value is -0.920. The summed E-state index contributed by atoms with van der Waals surface area (Å²) in [6.45, 7) is 4.77. The zero-order chi connectivity index (χ0) is 15.4. The van der Waals surface area contributed by atoms with Gasteiger partial charge in [0.25, 0.3) is 0 Å². The van der Waals surface area contributed by atoms with Crippen molar-refractivity contribution in [2.75, 3.05) is 0 Å². The first-order chi connectivity index (χ1) is 10.5. The van der Waals surface area contributed by atoms with Crippen LogP contribution < -0.4 is 0 Å². The van der Waals surface area contributed by atoms with Crippen LogP contribution >= 0.6 is 0 Å². The monoisotopic (exact) mass is 304 g/mol. The van der Waals surface area contributed by atoms with Crippen molar-refractivity contribution < 1.29 is 8.78 Å². The molecule has 0 amide bonds. The molecule has 120 valence electrons. The number of hydrogen-bond acceptors (Lipinski definition) is 0. The highest BCUT2D eigenvalue weighted by Gasteiger charge is 2.56. The molecule has 0 radical (unpaired) electrons. The fraction of sp³-hybridized carbons (Fsp3) is 0.700. The van der Waals surface area contributed by atoms with E-state index in [0.29, 0.717) is 5.92 Å². The van der Waals surface area contributed by atoms with E-state index in [2.05, 4.69) is 13.8 Å². The molecule has 2 bridgehead atoms. The lowest BCUT2D eigenvalue weighted by Gasteiger charge is -2.35. The molecule has 0 N–H and O–H groups in total. The van der Waals surface area contributed by atoms with Crippen LogP contribution in [-0.2, 0) is 6.42 Å². The third-order valence-corrected chi connectivity index (χ3v) is 7.04. The van der Waals surface area contributed by atoms with Crippen molar-refractivity contribution in [1.82, 2.24) is 0 Å². The zero-order valence-corrected chi connectivity index (χ0v) is 13.6. The van der Waals surface area contributed by atoms with Crippen LogP contribution in [-0.4, -0.2) is 0 Å². The Morgan fingerprint density at radius 2 is 1.86 bits per heavy atom. The summed E-state index contributed by atoms with van der Waals surface area (Å²) in [6, 6.07) is 4.46. The first-order valence-electron chi connectivity index (χ1n) is 8.98. The van der Waals surface area contributed by atoms with E-state index in [1.165, 1.54) is 37.8 Å². The molecule has 0 spiro atoms. The van der Waals surface area contributed by atoms with Crippen LogP contribution in [0.2, 0.25) is 0 Å². The van der Waals surface area contributed by atoms with Gasteiger partial charge in [-0.05, 0) is 91.2 Å². The summed E-state index contributed by atoms with van der Waals surface area (Å²) in [4.78, 5) is 0. The van der Waals surface area contributed by atoms with Crippen LogP contribution in [0.5, 0.6) is 0 Å². The van der Waals surface area contributed by atoms with E-state index < -0.39 is 11.6 Å². The van der Waals surface area contributed by atoms with Gasteiger partial charge in [0.05, 0.1) is 0 Å². The summed E-state index contributed by atoms with van der Waals surface area (Å²) in [7, 11) is 0. The molecule has 22 heavy (non-hydrogen) atoms. The van der Waals surface area contributed by atoms with Crippen molar-refractivity contribution in [1.29, 1.82) is 0 Å². The zero-order valence-electron chi connectivity index (χ0n) is 13.6. The Kier molecular flexibility index (Phi) is 3.54. The van der Waals surface area contributed by atoms with Crippen molar-refractivity contribution in [3.05, 3.63) is 35.4 Å². The minimum absolute atomic E-state index is 0.695. The Bertz CT molecular complexity index is 565. The van der Waals surface area contributed by atoms with Gasteiger partial charge in [0.15, 0.2) is 11.6 Å². The van der Waals surface area contributed by atoms with Crippen LogP contribution in [0.25, 0.3) is 0 Å². The Morgan fingerprint density at radius 3 is 2.59 bits per heavy atom. The molecular weight excluding hydrogens is 278 g/mol. The molecule has 6 unspecified atom stereocenters. The molecule has 3 aliphatic carbocycles. The third kappa shape index (κ3) is 2.21. The van der Waals surface area contributed by atoms with E-state index in [1.54, 1.807) is 6.07 Å². The lowest BCUT2D eigenvalue weighted by atomic mass is 9.70. The van der Waals surface area contributed by atoms with Gasteiger partial charge >= 0.3 is 0 Å². The van der Waals surface area contributed by atoms with Gasteiger partial charge in [-0.15, -0.1) is 0 Å². The highest BCUT2D eigenvalue weighted by atomic mass is 19.2. The topological polar surface area (TPSA) is 0 Å². The summed E-state index contributed by atoms with van der Waals surface area (Å²) in [5, 5.41) is 0. The van der Waals surface area contributed by atoms with Crippen LogP contribution in [0.15, 0.2) is 18.2 Å². The third-order valence-electron chi connectivity index (χ3n) is 7.04. The molecule has 0 aliphatic heterocycles. The standard InChI is InChI=1S/C20H26F2/c1-11(2)15-4-5-16-17-10-14(20(15)16)9-13(17)7-12-3-6-18(21)19(22)8-12/h3,6,8,11,13-17,20H,4-5,7,9-10H2,1-2H3. The van der Waals surface area contributed by atoms with Gasteiger partial charge in [-0.25, -0.2) is 8.78 Å². The van der Waals surface area contributed by atoms with E-state index in [9.17, 15) is 8.78 Å². The number of fused-ring (bicyclic) bond motifs is 5. The lowest BCUT2D eigenvalue weighted by Crippen LogP contribution is -2.30. The second kappa shape index (κ2) is 5.32. The van der Waals surface area contributed by atoms with E-state index in [0.717, 1.165) is 47.5 Å². The molecule has 1 aromatic carbocycles. The normalized spacial score (nSPS) is 39.7. The Morgan fingerprint density at radius 1 is 1.05 bits per heavy atom. The second-order valence-corrected chi connectivity index (χ2v) is 8.33. The van der Waals surface area contributed by atoms with Crippen LogP contribution in [0.4, 0.5) is 8.78 Å². The molecule has 0 heterocycles. The first-order valence-corrected chi connectivity index (χ1v) is 8.98. The fourth-order valence-corrected chi connectivity index (χ4v) is 6.31. The van der Waals surface area contributed by atoms with Crippen molar-refractivity contribution in [2.24, 2.45) is 41.4 Å². The summed E-state index contributed by atoms with van der Waals surface area (Å²) < 4.78 is 26.5. The maximum absolute atomic E-state index is 13.4. The van der Waals surface area contributed by atoms with E-state index in [4.69, 9.17) is 0 Å². The summed E-state index contributed by atoms with van der Waals surface area (Å²) in [5.74, 6) is 4.65. The maximum Gasteiger partial charge on any atom is 0.159 e. The fourth-order valence-electron chi connectivity index (χ4n) is 6.31. The molecular formula is C20H26F2. The summed E-state index contributed by atoms with van der Waals surface area (Å²) in [5.41, 5.74) is 0.978. The quantitative estimate of drug-likeness (QED) is 0.695. The van der Waals surface area contributed by atoms with E-state index in [1.807, 2.05) is 0 Å². The molecule has 0 saturated heterocycles. The molecule has 4 rings (SSSR count). The highest BCUT2D eigenvalue weighted by Crippen LogP contribution is 2.64. The Labute approximate surface area is 132 Å². The average molecular weight is 304 g/mol. The van der Waals surface area contributed by atoms with Crippen LogP contribution in [0, 0.1) is 53.1 Å². The van der Waals surface area contributed by atoms with E-state index >= 15 is 0 Å². The van der Waals surface area contributed by atoms with Gasteiger partial charge in [-0.1, -0.05) is 19.9 Å². The van der Waals surface area contributed by atoms with Gasteiger partial charge in [-0.2, -0.15) is 0 Å². The van der Waals surface area contributed by atoms with Crippen LogP contribution in [0.1, 0.15) is 45.1 Å². The van der Waals surface area contributed by atoms with Gasteiger partial charge in [0, 0.05) is 0 Å². The largest absolute Gasteiger partial charge is 0.204 e. The molecule has 6 atom stereocenters. The molecule has 2 heteroatoms. The minimum Gasteiger partial charge on any atom is -0.204 e. The number of rotatable bonds is 3. The van der Waals surface area contributed by atoms with Gasteiger partial charge in [-0.3, -0.25) is 0 Å². The molecule has 0 nitrogen and oxygen atoms in total. The summed E-state index contributed by atoms with van der Waals surface area (Å²) >= 11 is 0. The van der Waals surface area contributed by atoms with Crippen molar-refractivity contribution in [3.63, 3.8) is 0 Å². The second-order valence-electron chi connectivity index (χ2n) is 8.33. The van der Waals surface area contributed by atoms with Crippen molar-refractivity contribution in [2.45, 2.75) is 46.0 Å². The minimum atomic E-state index is -0.729. The molecule has 0 aromatic heterocycles. The highest BCUT2D eigenvalue weighted by molar-refractivity contribution is 5.20. The maximum atomic E-state index is 13.4. The predicted molar refractivity (Wildman–Crippen MR) is 84.3 cm³/mol. The lowest BCUT2D eigenvalue weighted by molar-refractivity contribution is 0.139. The Balaban J connectivity index is 1.48. The van der Waals surface area contributed by atoms with Crippen molar-refractivity contribution >= 4 is 0 Å².